The summed E-state index contributed by atoms with van der Waals surface area (Å²) < 4.78 is 87.8. The van der Waals surface area contributed by atoms with E-state index in [1.54, 1.807) is 30.5 Å². The predicted molar refractivity (Wildman–Crippen MR) is 147 cm³/mol. The minimum Gasteiger partial charge on any atom is -0.493 e. The largest absolute Gasteiger partial charge is 0.493 e. The van der Waals surface area contributed by atoms with E-state index >= 15 is 0 Å². The molecule has 8 nitrogen and oxygen atoms in total. The second kappa shape index (κ2) is 12.3. The van der Waals surface area contributed by atoms with Gasteiger partial charge in [-0.1, -0.05) is 18.2 Å². The van der Waals surface area contributed by atoms with Crippen LogP contribution in [0, 0.1) is 5.82 Å². The summed E-state index contributed by atoms with van der Waals surface area (Å²) in [6, 6.07) is 13.4. The third kappa shape index (κ3) is 6.63. The van der Waals surface area contributed by atoms with Crippen molar-refractivity contribution in [2.24, 2.45) is 5.10 Å². The zero-order valence-electron chi connectivity index (χ0n) is 23.0. The van der Waals surface area contributed by atoms with Gasteiger partial charge in [-0.3, -0.25) is 9.59 Å². The molecule has 1 N–H and O–H groups in total. The van der Waals surface area contributed by atoms with E-state index in [1.807, 2.05) is 4.90 Å². The molecule has 2 heterocycles. The third-order valence-electron chi connectivity index (χ3n) is 6.90. The summed E-state index contributed by atoms with van der Waals surface area (Å²) in [7, 11) is 1.31. The number of alkyl halides is 5. The third-order valence-corrected chi connectivity index (χ3v) is 6.90. The van der Waals surface area contributed by atoms with E-state index in [1.165, 1.54) is 25.3 Å². The minimum absolute atomic E-state index is 0.102. The average Bonchev–Trinajstić information content (AvgIpc) is 3.31. The van der Waals surface area contributed by atoms with E-state index in [0.717, 1.165) is 16.6 Å². The first kappa shape index (κ1) is 30.4. The van der Waals surface area contributed by atoms with E-state index in [-0.39, 0.29) is 35.2 Å². The van der Waals surface area contributed by atoms with Crippen LogP contribution in [0.25, 0.3) is 0 Å². The summed E-state index contributed by atoms with van der Waals surface area (Å²) in [4.78, 5) is 27.5. The number of anilines is 1. The first-order valence-corrected chi connectivity index (χ1v) is 13.2. The number of ether oxygens (including phenoxy) is 2. The number of carbonyl (C=O) groups excluding carboxylic acids is 2. The van der Waals surface area contributed by atoms with Crippen LogP contribution < -0.4 is 19.8 Å². The van der Waals surface area contributed by atoms with Crippen molar-refractivity contribution in [3.05, 3.63) is 101 Å². The summed E-state index contributed by atoms with van der Waals surface area (Å²) in [6.45, 7) is -2.03. The number of benzene rings is 3. The fourth-order valence-corrected chi connectivity index (χ4v) is 4.73. The molecule has 0 unspecified atom stereocenters. The number of hydrazone groups is 1. The van der Waals surface area contributed by atoms with Gasteiger partial charge < -0.3 is 19.7 Å². The molecular formula is C30H24F6N4O4. The zero-order valence-corrected chi connectivity index (χ0v) is 23.0. The lowest BCUT2D eigenvalue weighted by Crippen LogP contribution is -2.29. The second-order valence-corrected chi connectivity index (χ2v) is 9.83. The average molecular weight is 619 g/mol. The molecule has 0 bridgehead atoms. The number of fused-ring (bicyclic) bond motifs is 1. The van der Waals surface area contributed by atoms with Gasteiger partial charge in [-0.05, 0) is 53.6 Å². The zero-order chi connectivity index (χ0) is 31.6. The number of methoxy groups -OCH3 is 1. The van der Waals surface area contributed by atoms with Crippen molar-refractivity contribution in [2.75, 3.05) is 18.7 Å². The van der Waals surface area contributed by atoms with Gasteiger partial charge in [0, 0.05) is 37.8 Å². The molecule has 3 aromatic carbocycles. The van der Waals surface area contributed by atoms with Crippen molar-refractivity contribution >= 4 is 23.2 Å². The van der Waals surface area contributed by atoms with Crippen molar-refractivity contribution in [3.63, 3.8) is 0 Å². The second-order valence-electron chi connectivity index (χ2n) is 9.83. The fourth-order valence-electron chi connectivity index (χ4n) is 4.73. The highest BCUT2D eigenvalue weighted by Gasteiger charge is 2.38. The van der Waals surface area contributed by atoms with E-state index in [0.29, 0.717) is 48.5 Å². The topological polar surface area (TPSA) is 83.5 Å². The molecule has 2 aliphatic heterocycles. The maximum atomic E-state index is 13.7. The summed E-state index contributed by atoms with van der Waals surface area (Å²) in [5.41, 5.74) is 0.791. The summed E-state index contributed by atoms with van der Waals surface area (Å²) in [6.07, 6.45) is -2.97. The Morgan fingerprint density at radius 3 is 2.43 bits per heavy atom. The number of nitrogens with zero attached hydrogens (tertiary/aromatic N) is 3. The van der Waals surface area contributed by atoms with Gasteiger partial charge in [-0.2, -0.15) is 32.1 Å². The van der Waals surface area contributed by atoms with Crippen LogP contribution in [0.2, 0.25) is 0 Å². The lowest BCUT2D eigenvalue weighted by molar-refractivity contribution is -0.140. The van der Waals surface area contributed by atoms with Crippen LogP contribution in [-0.2, 0) is 24.1 Å². The lowest BCUT2D eigenvalue weighted by atomic mass is 10.0. The Kier molecular flexibility index (Phi) is 8.52. The van der Waals surface area contributed by atoms with Crippen LogP contribution in [0.5, 0.6) is 11.5 Å². The van der Waals surface area contributed by atoms with Gasteiger partial charge in [0.05, 0.1) is 29.6 Å². The Balaban J connectivity index is 1.20. The molecule has 0 aromatic heterocycles. The molecule has 0 atom stereocenters. The fraction of sp³-hybridized carbons (Fsp3) is 0.233. The molecular weight excluding hydrogens is 594 g/mol. The Bertz CT molecular complexity index is 1640. The lowest BCUT2D eigenvalue weighted by Gasteiger charge is -2.25. The Labute approximate surface area is 247 Å². The Morgan fingerprint density at radius 1 is 1.02 bits per heavy atom. The molecule has 14 heteroatoms. The molecule has 2 aliphatic rings. The van der Waals surface area contributed by atoms with Crippen LogP contribution in [-0.4, -0.2) is 42.7 Å². The van der Waals surface area contributed by atoms with E-state index < -0.39 is 30.1 Å². The van der Waals surface area contributed by atoms with Crippen LogP contribution in [0.15, 0.2) is 77.5 Å². The number of carbonyl (C=O) groups is 2. The van der Waals surface area contributed by atoms with E-state index in [2.05, 4.69) is 15.2 Å². The van der Waals surface area contributed by atoms with Gasteiger partial charge in [-0.15, -0.1) is 0 Å². The quantitative estimate of drug-likeness (QED) is 0.303. The molecule has 0 radical (unpaired) electrons. The molecule has 3 aromatic rings. The maximum absolute atomic E-state index is 13.7. The highest BCUT2D eigenvalue weighted by atomic mass is 19.4. The summed E-state index contributed by atoms with van der Waals surface area (Å²) in [5.74, 6) is -2.45. The number of hydrogen-bond acceptors (Lipinski definition) is 6. The predicted octanol–water partition coefficient (Wildman–Crippen LogP) is 5.88. The smallest absolute Gasteiger partial charge is 0.419 e. The number of rotatable bonds is 9. The highest BCUT2D eigenvalue weighted by Crippen LogP contribution is 2.36. The van der Waals surface area contributed by atoms with Gasteiger partial charge in [0.2, 0.25) is 0 Å². The van der Waals surface area contributed by atoms with Crippen molar-refractivity contribution in [2.45, 2.75) is 32.3 Å². The number of hydrogen-bond donors (Lipinski definition) is 1. The summed E-state index contributed by atoms with van der Waals surface area (Å²) >= 11 is 0. The molecule has 0 fully saturated rings. The molecule has 230 valence electrons. The van der Waals surface area contributed by atoms with Gasteiger partial charge >= 0.3 is 12.8 Å². The van der Waals surface area contributed by atoms with Crippen LogP contribution in [0.3, 0.4) is 0 Å². The number of halogens is 6. The first-order valence-electron chi connectivity index (χ1n) is 13.2. The van der Waals surface area contributed by atoms with Gasteiger partial charge in [0.25, 0.3) is 11.8 Å². The molecule has 0 saturated heterocycles. The first-order chi connectivity index (χ1) is 20.9. The van der Waals surface area contributed by atoms with Crippen LogP contribution in [0.4, 0.5) is 32.0 Å². The molecule has 44 heavy (non-hydrogen) atoms. The molecule has 0 aliphatic carbocycles. The van der Waals surface area contributed by atoms with E-state index in [4.69, 9.17) is 4.74 Å². The van der Waals surface area contributed by atoms with Crippen molar-refractivity contribution in [3.8, 4) is 11.5 Å². The van der Waals surface area contributed by atoms with Crippen LogP contribution >= 0.6 is 0 Å². The maximum Gasteiger partial charge on any atom is 0.419 e. The molecule has 5 rings (SSSR count). The standard InChI is InChI=1S/C30H24F6N4O4/c1-43-26-12-18(4-9-25(26)44-29(32)33)14-37-27(41)19-5-2-17(3-6-19)15-39-11-10-24-21(16-39)28(42)40(38-24)20-7-8-23(31)22(13-20)30(34,35)36/h2-9,12-13,16,29H,10-11,14-15H2,1H3,(H,37,41). The molecule has 0 saturated carbocycles. The Hall–Kier alpha value is -5.01. The SMILES string of the molecule is COc1cc(CNC(=O)c2ccc(CN3C=C4C(=O)N(c5ccc(F)c(C(F)(F)F)c5)N=C4CC3)cc2)ccc1OC(F)F. The molecule has 0 spiro atoms. The number of nitrogens with one attached hydrogen (secondary N) is 1. The molecule has 2 amide bonds. The Morgan fingerprint density at radius 2 is 1.75 bits per heavy atom. The van der Waals surface area contributed by atoms with E-state index in [9.17, 15) is 35.9 Å². The van der Waals surface area contributed by atoms with Crippen molar-refractivity contribution in [1.29, 1.82) is 0 Å². The normalized spacial score (nSPS) is 14.8. The van der Waals surface area contributed by atoms with Gasteiger partial charge in [0.1, 0.15) is 5.82 Å². The highest BCUT2D eigenvalue weighted by molar-refractivity contribution is 6.30. The van der Waals surface area contributed by atoms with Gasteiger partial charge in [-0.25, -0.2) is 4.39 Å². The van der Waals surface area contributed by atoms with Gasteiger partial charge in [0.15, 0.2) is 11.5 Å². The van der Waals surface area contributed by atoms with Crippen molar-refractivity contribution < 1.29 is 45.4 Å². The van der Waals surface area contributed by atoms with Crippen LogP contribution in [0.1, 0.15) is 33.5 Å². The minimum atomic E-state index is -4.93. The monoisotopic (exact) mass is 618 g/mol. The number of amides is 2. The van der Waals surface area contributed by atoms with Crippen molar-refractivity contribution in [1.82, 2.24) is 10.2 Å². The summed E-state index contributed by atoms with van der Waals surface area (Å²) in [5, 5.41) is 7.77.